The van der Waals surface area contributed by atoms with Crippen LogP contribution in [0.15, 0.2) is 39.3 Å². The monoisotopic (exact) mass is 396 g/mol. The molecule has 2 aromatic carbocycles. The van der Waals surface area contributed by atoms with E-state index >= 15 is 0 Å². The Kier molecular flexibility index (Phi) is 3.89. The van der Waals surface area contributed by atoms with E-state index in [1.807, 2.05) is 31.2 Å². The summed E-state index contributed by atoms with van der Waals surface area (Å²) >= 11 is 7.04. The van der Waals surface area contributed by atoms with E-state index in [1.165, 1.54) is 0 Å². The van der Waals surface area contributed by atoms with E-state index in [2.05, 4.69) is 37.9 Å². The number of hydrogen-bond acceptors (Lipinski definition) is 2. The maximum Gasteiger partial charge on any atom is 0.128 e. The number of aliphatic hydroxyl groups excluding tert-OH is 1. The number of halogens is 2. The Balaban J connectivity index is 2.09. The van der Waals surface area contributed by atoms with Crippen molar-refractivity contribution in [2.75, 3.05) is 6.61 Å². The Morgan fingerprint density at radius 3 is 2.70 bits per heavy atom. The molecular formula is C16H14Br2O2. The van der Waals surface area contributed by atoms with Crippen molar-refractivity contribution in [3.63, 3.8) is 0 Å². The molecule has 0 aliphatic carbocycles. The van der Waals surface area contributed by atoms with E-state index in [1.54, 1.807) is 0 Å². The molecule has 0 fully saturated rings. The normalized spacial score (nSPS) is 14.8. The molecule has 2 nitrogen and oxygen atoms in total. The molecule has 20 heavy (non-hydrogen) atoms. The number of benzene rings is 2. The van der Waals surface area contributed by atoms with Gasteiger partial charge in [0.25, 0.3) is 0 Å². The Labute approximate surface area is 135 Å². The topological polar surface area (TPSA) is 29.5 Å². The summed E-state index contributed by atoms with van der Waals surface area (Å²) in [5, 5.41) is 10.7. The fourth-order valence-corrected chi connectivity index (χ4v) is 3.76. The van der Waals surface area contributed by atoms with Crippen LogP contribution in [0.3, 0.4) is 0 Å². The minimum absolute atomic E-state index is 0.681. The van der Waals surface area contributed by atoms with Crippen LogP contribution in [-0.4, -0.2) is 11.7 Å². The molecule has 0 bridgehead atoms. The molecule has 0 saturated heterocycles. The highest BCUT2D eigenvalue weighted by Crippen LogP contribution is 2.40. The van der Waals surface area contributed by atoms with Crippen LogP contribution in [0.2, 0.25) is 0 Å². The molecule has 104 valence electrons. The minimum Gasteiger partial charge on any atom is -0.493 e. The highest BCUT2D eigenvalue weighted by atomic mass is 79.9. The number of fused-ring (bicyclic) bond motifs is 1. The molecule has 2 aromatic rings. The van der Waals surface area contributed by atoms with Gasteiger partial charge in [-0.15, -0.1) is 0 Å². The first kappa shape index (κ1) is 14.1. The van der Waals surface area contributed by atoms with Gasteiger partial charge >= 0.3 is 0 Å². The van der Waals surface area contributed by atoms with Crippen LogP contribution >= 0.6 is 31.9 Å². The van der Waals surface area contributed by atoms with Gasteiger partial charge in [0.1, 0.15) is 11.9 Å². The van der Waals surface area contributed by atoms with Gasteiger partial charge in [-0.1, -0.05) is 44.0 Å². The number of aliphatic hydroxyl groups is 1. The molecule has 1 aliphatic heterocycles. The number of rotatable bonds is 2. The lowest BCUT2D eigenvalue weighted by Crippen LogP contribution is -2.03. The van der Waals surface area contributed by atoms with Crippen LogP contribution in [0.5, 0.6) is 5.75 Å². The summed E-state index contributed by atoms with van der Waals surface area (Å²) in [5.74, 6) is 0.827. The van der Waals surface area contributed by atoms with Gasteiger partial charge < -0.3 is 9.84 Å². The van der Waals surface area contributed by atoms with E-state index in [4.69, 9.17) is 4.74 Å². The van der Waals surface area contributed by atoms with Crippen molar-refractivity contribution in [1.82, 2.24) is 0 Å². The molecule has 0 spiro atoms. The molecular weight excluding hydrogens is 384 g/mol. The van der Waals surface area contributed by atoms with Gasteiger partial charge in [0.05, 0.1) is 6.61 Å². The maximum absolute atomic E-state index is 10.7. The van der Waals surface area contributed by atoms with Gasteiger partial charge in [-0.05, 0) is 41.8 Å². The van der Waals surface area contributed by atoms with Crippen molar-refractivity contribution < 1.29 is 9.84 Å². The molecule has 4 heteroatoms. The first-order valence-electron chi connectivity index (χ1n) is 6.45. The molecule has 1 atom stereocenters. The van der Waals surface area contributed by atoms with Crippen molar-refractivity contribution in [2.24, 2.45) is 0 Å². The van der Waals surface area contributed by atoms with Crippen LogP contribution in [0, 0.1) is 6.92 Å². The van der Waals surface area contributed by atoms with E-state index in [0.29, 0.717) is 6.61 Å². The van der Waals surface area contributed by atoms with Crippen LogP contribution < -0.4 is 4.74 Å². The molecule has 0 saturated carbocycles. The average Bonchev–Trinajstić information content (AvgIpc) is 2.85. The van der Waals surface area contributed by atoms with E-state index in [-0.39, 0.29) is 0 Å². The van der Waals surface area contributed by atoms with Gasteiger partial charge in [0, 0.05) is 20.9 Å². The summed E-state index contributed by atoms with van der Waals surface area (Å²) in [6.07, 6.45) is 0.193. The fraction of sp³-hybridized carbons (Fsp3) is 0.250. The predicted molar refractivity (Wildman–Crippen MR) is 86.3 cm³/mol. The summed E-state index contributed by atoms with van der Waals surface area (Å²) in [4.78, 5) is 0. The Hall–Kier alpha value is -0.840. The lowest BCUT2D eigenvalue weighted by molar-refractivity contribution is 0.213. The van der Waals surface area contributed by atoms with E-state index in [0.717, 1.165) is 43.4 Å². The summed E-state index contributed by atoms with van der Waals surface area (Å²) in [5.41, 5.74) is 3.98. The molecule has 1 unspecified atom stereocenters. The van der Waals surface area contributed by atoms with Crippen molar-refractivity contribution >= 4 is 31.9 Å². The van der Waals surface area contributed by atoms with Crippen LogP contribution in [-0.2, 0) is 6.42 Å². The SMILES string of the molecule is Cc1ccc(C(O)c2cc(Br)cc3c2OCC3)c(Br)c1. The smallest absolute Gasteiger partial charge is 0.128 e. The summed E-state index contributed by atoms with van der Waals surface area (Å²) in [7, 11) is 0. The van der Waals surface area contributed by atoms with Crippen molar-refractivity contribution in [3.05, 3.63) is 61.5 Å². The number of hydrogen-bond donors (Lipinski definition) is 1. The summed E-state index contributed by atoms with van der Waals surface area (Å²) < 4.78 is 7.58. The van der Waals surface area contributed by atoms with Crippen LogP contribution in [0.25, 0.3) is 0 Å². The van der Waals surface area contributed by atoms with Gasteiger partial charge in [-0.3, -0.25) is 0 Å². The second kappa shape index (κ2) is 5.51. The van der Waals surface area contributed by atoms with Crippen molar-refractivity contribution in [1.29, 1.82) is 0 Å². The molecule has 0 radical (unpaired) electrons. The first-order valence-corrected chi connectivity index (χ1v) is 8.04. The number of ether oxygens (including phenoxy) is 1. The van der Waals surface area contributed by atoms with Crippen LogP contribution in [0.1, 0.15) is 28.4 Å². The van der Waals surface area contributed by atoms with Gasteiger partial charge in [-0.2, -0.15) is 0 Å². The lowest BCUT2D eigenvalue weighted by Gasteiger charge is -2.17. The standard InChI is InChI=1S/C16H14Br2O2/c1-9-2-3-12(14(18)6-9)15(19)13-8-11(17)7-10-4-5-20-16(10)13/h2-3,6-8,15,19H,4-5H2,1H3. The second-order valence-corrected chi connectivity index (χ2v) is 6.78. The fourth-order valence-electron chi connectivity index (χ4n) is 2.52. The quantitative estimate of drug-likeness (QED) is 0.806. The summed E-state index contributed by atoms with van der Waals surface area (Å²) in [6.45, 7) is 2.71. The highest BCUT2D eigenvalue weighted by Gasteiger charge is 2.24. The highest BCUT2D eigenvalue weighted by molar-refractivity contribution is 9.10. The third-order valence-electron chi connectivity index (χ3n) is 3.52. The molecule has 1 aliphatic rings. The molecule has 0 aromatic heterocycles. The van der Waals surface area contributed by atoms with Crippen molar-refractivity contribution in [2.45, 2.75) is 19.4 Å². The molecule has 3 rings (SSSR count). The first-order chi connectivity index (χ1) is 9.56. The minimum atomic E-state index is -0.700. The number of aryl methyl sites for hydroxylation is 1. The summed E-state index contributed by atoms with van der Waals surface area (Å²) in [6, 6.07) is 9.95. The molecule has 1 N–H and O–H groups in total. The largest absolute Gasteiger partial charge is 0.493 e. The Bertz CT molecular complexity index is 668. The maximum atomic E-state index is 10.7. The van der Waals surface area contributed by atoms with Gasteiger partial charge in [-0.25, -0.2) is 0 Å². The zero-order chi connectivity index (χ0) is 14.3. The molecule has 0 amide bonds. The molecule has 1 heterocycles. The van der Waals surface area contributed by atoms with Crippen LogP contribution in [0.4, 0.5) is 0 Å². The average molecular weight is 398 g/mol. The van der Waals surface area contributed by atoms with Gasteiger partial charge in [0.2, 0.25) is 0 Å². The van der Waals surface area contributed by atoms with E-state index < -0.39 is 6.10 Å². The Morgan fingerprint density at radius 2 is 1.95 bits per heavy atom. The lowest BCUT2D eigenvalue weighted by atomic mass is 9.97. The third kappa shape index (κ3) is 2.52. The van der Waals surface area contributed by atoms with Gasteiger partial charge in [0.15, 0.2) is 0 Å². The third-order valence-corrected chi connectivity index (χ3v) is 4.67. The zero-order valence-corrected chi connectivity index (χ0v) is 14.2. The van der Waals surface area contributed by atoms with Crippen molar-refractivity contribution in [3.8, 4) is 5.75 Å². The predicted octanol–water partition coefficient (Wildman–Crippen LogP) is 4.54. The zero-order valence-electron chi connectivity index (χ0n) is 11.0. The van der Waals surface area contributed by atoms with E-state index in [9.17, 15) is 5.11 Å². The Morgan fingerprint density at radius 1 is 1.15 bits per heavy atom. The second-order valence-electron chi connectivity index (χ2n) is 5.01.